The maximum Gasteiger partial charge on any atom is 0.220 e. The first-order valence-corrected chi connectivity index (χ1v) is 28.9. The number of hydrogen-bond donors (Lipinski definition) is 3. The molecule has 376 valence electrons. The van der Waals surface area contributed by atoms with E-state index in [9.17, 15) is 15.0 Å². The predicted octanol–water partition coefficient (Wildman–Crippen LogP) is 19.0. The molecule has 0 bridgehead atoms. The van der Waals surface area contributed by atoms with Crippen molar-refractivity contribution >= 4 is 5.91 Å². The minimum atomic E-state index is -0.870. The van der Waals surface area contributed by atoms with Crippen molar-refractivity contribution in [2.24, 2.45) is 0 Å². The Morgan fingerprint density at radius 1 is 0.359 bits per heavy atom. The SMILES string of the molecule is CCCCCCCCCCC/C=C/CC/C=C/CC/C=C/C(O)C(CO)NC(=O)CCCCCCCCCCCCCCCCCCC/C=C\CCCCCCCCCCCCCC. The quantitative estimate of drug-likeness (QED) is 0.0421. The monoisotopic (exact) mass is 896 g/mol. The van der Waals surface area contributed by atoms with E-state index in [4.69, 9.17) is 0 Å². The van der Waals surface area contributed by atoms with E-state index in [1.165, 1.54) is 250 Å². The molecule has 0 spiro atoms. The van der Waals surface area contributed by atoms with E-state index in [0.717, 1.165) is 38.5 Å². The van der Waals surface area contributed by atoms with E-state index >= 15 is 0 Å². The van der Waals surface area contributed by atoms with Gasteiger partial charge in [0.2, 0.25) is 5.91 Å². The highest BCUT2D eigenvalue weighted by atomic mass is 16.3. The Morgan fingerprint density at radius 3 is 0.906 bits per heavy atom. The number of nitrogens with one attached hydrogen (secondary N) is 1. The van der Waals surface area contributed by atoms with Crippen molar-refractivity contribution in [3.63, 3.8) is 0 Å². The summed E-state index contributed by atoms with van der Waals surface area (Å²) in [6.07, 6.45) is 77.2. The van der Waals surface area contributed by atoms with E-state index in [1.807, 2.05) is 6.08 Å². The fourth-order valence-corrected chi connectivity index (χ4v) is 8.86. The van der Waals surface area contributed by atoms with Gasteiger partial charge in [0.1, 0.15) is 0 Å². The van der Waals surface area contributed by atoms with Gasteiger partial charge < -0.3 is 15.5 Å². The highest BCUT2D eigenvalue weighted by Gasteiger charge is 2.18. The maximum atomic E-state index is 12.5. The van der Waals surface area contributed by atoms with Crippen LogP contribution in [0.15, 0.2) is 48.6 Å². The van der Waals surface area contributed by atoms with Crippen LogP contribution in [-0.2, 0) is 4.79 Å². The smallest absolute Gasteiger partial charge is 0.220 e. The topological polar surface area (TPSA) is 69.6 Å². The number of aliphatic hydroxyl groups excluding tert-OH is 2. The molecule has 0 saturated carbocycles. The first-order chi connectivity index (χ1) is 31.7. The molecule has 2 atom stereocenters. The molecule has 0 aromatic heterocycles. The Balaban J connectivity index is 3.49. The molecule has 0 fully saturated rings. The predicted molar refractivity (Wildman–Crippen MR) is 285 cm³/mol. The molecule has 0 aliphatic carbocycles. The van der Waals surface area contributed by atoms with Crippen LogP contribution >= 0.6 is 0 Å². The van der Waals surface area contributed by atoms with Gasteiger partial charge in [-0.05, 0) is 70.6 Å². The normalized spacial score (nSPS) is 13.1. The van der Waals surface area contributed by atoms with Crippen LogP contribution in [0.1, 0.15) is 309 Å². The molecule has 0 rings (SSSR count). The fourth-order valence-electron chi connectivity index (χ4n) is 8.86. The van der Waals surface area contributed by atoms with Crippen LogP contribution in [0.25, 0.3) is 0 Å². The zero-order valence-corrected chi connectivity index (χ0v) is 43.3. The largest absolute Gasteiger partial charge is 0.394 e. The molecule has 0 saturated heterocycles. The van der Waals surface area contributed by atoms with Crippen molar-refractivity contribution in [1.29, 1.82) is 0 Å². The number of aliphatic hydroxyl groups is 2. The molecular formula is C60H113NO3. The van der Waals surface area contributed by atoms with E-state index in [2.05, 4.69) is 55.6 Å². The van der Waals surface area contributed by atoms with Gasteiger partial charge in [-0.2, -0.15) is 0 Å². The van der Waals surface area contributed by atoms with Crippen LogP contribution in [0.2, 0.25) is 0 Å². The zero-order valence-electron chi connectivity index (χ0n) is 43.3. The number of allylic oxidation sites excluding steroid dienone is 7. The number of carbonyl (C=O) groups excluding carboxylic acids is 1. The molecule has 64 heavy (non-hydrogen) atoms. The molecule has 4 heteroatoms. The number of rotatable bonds is 53. The number of unbranched alkanes of at least 4 members (excludes halogenated alkanes) is 40. The maximum absolute atomic E-state index is 12.5. The van der Waals surface area contributed by atoms with Crippen LogP contribution in [0.3, 0.4) is 0 Å². The average molecular weight is 897 g/mol. The van der Waals surface area contributed by atoms with E-state index in [0.29, 0.717) is 6.42 Å². The second kappa shape index (κ2) is 55.7. The Labute approximate surface area is 401 Å². The van der Waals surface area contributed by atoms with Crippen LogP contribution in [0.4, 0.5) is 0 Å². The molecular weight excluding hydrogens is 783 g/mol. The lowest BCUT2D eigenvalue weighted by Crippen LogP contribution is -2.45. The second-order valence-electron chi connectivity index (χ2n) is 19.7. The first-order valence-electron chi connectivity index (χ1n) is 28.9. The molecule has 0 aliphatic heterocycles. The Morgan fingerprint density at radius 2 is 0.609 bits per heavy atom. The van der Waals surface area contributed by atoms with E-state index in [1.54, 1.807) is 6.08 Å². The summed E-state index contributed by atoms with van der Waals surface area (Å²) in [5.41, 5.74) is 0. The highest BCUT2D eigenvalue weighted by Crippen LogP contribution is 2.17. The lowest BCUT2D eigenvalue weighted by Gasteiger charge is -2.19. The lowest BCUT2D eigenvalue weighted by atomic mass is 10.0. The summed E-state index contributed by atoms with van der Waals surface area (Å²) in [4.78, 5) is 12.5. The second-order valence-corrected chi connectivity index (χ2v) is 19.7. The Hall–Kier alpha value is -1.65. The van der Waals surface area contributed by atoms with Crippen molar-refractivity contribution in [2.45, 2.75) is 321 Å². The summed E-state index contributed by atoms with van der Waals surface area (Å²) in [6, 6.07) is -0.645. The van der Waals surface area contributed by atoms with Crippen molar-refractivity contribution in [3.05, 3.63) is 48.6 Å². The van der Waals surface area contributed by atoms with Gasteiger partial charge >= 0.3 is 0 Å². The standard InChI is InChI=1S/C60H113NO3/c1-3-5-7-9-11-13-15-17-19-21-23-24-25-26-27-28-29-30-31-32-33-34-35-36-38-40-42-44-46-48-50-52-54-56-60(64)61-58(57-62)59(63)55-53-51-49-47-45-43-41-39-37-22-20-18-16-14-12-10-8-6-4-2/h26-27,37,39,45,47,53,55,58-59,62-63H,3-25,28-36,38,40-44,46,48-52,54,56-57H2,1-2H3,(H,61,64)/b27-26-,39-37+,47-45+,55-53+. The van der Waals surface area contributed by atoms with Gasteiger partial charge in [-0.15, -0.1) is 0 Å². The van der Waals surface area contributed by atoms with Gasteiger partial charge in [-0.1, -0.05) is 281 Å². The molecule has 0 aromatic rings. The third kappa shape index (κ3) is 51.3. The lowest BCUT2D eigenvalue weighted by molar-refractivity contribution is -0.123. The number of amides is 1. The molecule has 3 N–H and O–H groups in total. The van der Waals surface area contributed by atoms with Gasteiger partial charge in [0.05, 0.1) is 18.8 Å². The van der Waals surface area contributed by atoms with Crippen LogP contribution in [-0.4, -0.2) is 34.9 Å². The average Bonchev–Trinajstić information content (AvgIpc) is 3.30. The van der Waals surface area contributed by atoms with E-state index < -0.39 is 12.1 Å². The van der Waals surface area contributed by atoms with Gasteiger partial charge in [-0.25, -0.2) is 0 Å². The van der Waals surface area contributed by atoms with Gasteiger partial charge in [0, 0.05) is 6.42 Å². The molecule has 1 amide bonds. The van der Waals surface area contributed by atoms with Crippen LogP contribution in [0.5, 0.6) is 0 Å². The van der Waals surface area contributed by atoms with Crippen LogP contribution < -0.4 is 5.32 Å². The van der Waals surface area contributed by atoms with E-state index in [-0.39, 0.29) is 12.5 Å². The summed E-state index contributed by atoms with van der Waals surface area (Å²) in [6.45, 7) is 4.32. The highest BCUT2D eigenvalue weighted by molar-refractivity contribution is 5.76. The van der Waals surface area contributed by atoms with Gasteiger partial charge in [0.25, 0.3) is 0 Å². The molecule has 2 unspecified atom stereocenters. The Bertz CT molecular complexity index is 1020. The third-order valence-electron chi connectivity index (χ3n) is 13.3. The molecule has 0 aromatic carbocycles. The fraction of sp³-hybridized carbons (Fsp3) is 0.850. The molecule has 0 aliphatic rings. The Kier molecular flexibility index (Phi) is 54.2. The first kappa shape index (κ1) is 62.4. The summed E-state index contributed by atoms with van der Waals surface area (Å²) < 4.78 is 0. The third-order valence-corrected chi connectivity index (χ3v) is 13.3. The minimum absolute atomic E-state index is 0.0740. The summed E-state index contributed by atoms with van der Waals surface area (Å²) in [5, 5.41) is 23.1. The zero-order chi connectivity index (χ0) is 46.3. The molecule has 0 radical (unpaired) electrons. The van der Waals surface area contributed by atoms with Gasteiger partial charge in [-0.3, -0.25) is 4.79 Å². The molecule has 4 nitrogen and oxygen atoms in total. The van der Waals surface area contributed by atoms with Crippen LogP contribution in [0, 0.1) is 0 Å². The summed E-state index contributed by atoms with van der Waals surface area (Å²) in [5.74, 6) is -0.0740. The van der Waals surface area contributed by atoms with Gasteiger partial charge in [0.15, 0.2) is 0 Å². The van der Waals surface area contributed by atoms with Crippen molar-refractivity contribution in [3.8, 4) is 0 Å². The van der Waals surface area contributed by atoms with Crippen molar-refractivity contribution in [2.75, 3.05) is 6.61 Å². The summed E-state index contributed by atoms with van der Waals surface area (Å²) in [7, 11) is 0. The van der Waals surface area contributed by atoms with Crippen molar-refractivity contribution < 1.29 is 15.0 Å². The molecule has 0 heterocycles. The van der Waals surface area contributed by atoms with Crippen molar-refractivity contribution in [1.82, 2.24) is 5.32 Å². The summed E-state index contributed by atoms with van der Waals surface area (Å²) >= 11 is 0. The number of carbonyl (C=O) groups is 1. The number of hydrogen-bond acceptors (Lipinski definition) is 3. The minimum Gasteiger partial charge on any atom is -0.394 e.